The average Bonchev–Trinajstić information content (AvgIpc) is 3.98. The average molecular weight is 747 g/mol. The van der Waals surface area contributed by atoms with E-state index in [-0.39, 0.29) is 5.92 Å². The lowest BCUT2D eigenvalue weighted by atomic mass is 9.86. The Bertz CT molecular complexity index is 3380. The van der Waals surface area contributed by atoms with Crippen LogP contribution in [0.5, 0.6) is 0 Å². The Kier molecular flexibility index (Phi) is 7.00. The highest BCUT2D eigenvalue weighted by atomic mass is 14.3. The number of hydrogen-bond donors (Lipinski definition) is 0. The highest BCUT2D eigenvalue weighted by Crippen LogP contribution is 2.52. The molecule has 274 valence electrons. The molecule has 3 aliphatic carbocycles. The fourth-order valence-electron chi connectivity index (χ4n) is 11.0. The summed E-state index contributed by atoms with van der Waals surface area (Å²) >= 11 is 0. The zero-order valence-electron chi connectivity index (χ0n) is 32.5. The van der Waals surface area contributed by atoms with E-state index >= 15 is 0 Å². The topological polar surface area (TPSA) is 0 Å². The molecule has 0 saturated carbocycles. The maximum atomic E-state index is 2.52. The van der Waals surface area contributed by atoms with Gasteiger partial charge in [0.25, 0.3) is 0 Å². The minimum Gasteiger partial charge on any atom is -0.0622 e. The standard InChI is InChI=1S/C59H38/c1-2-11-36(12-3-1)44-18-9-22-49-54-31-39(24-25-41(54)33-55(44)49)40-28-30-52-56(32-40)48-16-6-7-17-51(48)59(52)42-26-23-38-27-29-50-47-21-10-20-46(57(47)35-58(50)53(38)34-42)45-19-8-14-37-13-4-5-15-43(37)45/h1-32,34,59H,33,35H2. The highest BCUT2D eigenvalue weighted by molar-refractivity contribution is 6.02. The van der Waals surface area contributed by atoms with E-state index in [9.17, 15) is 0 Å². The van der Waals surface area contributed by atoms with Gasteiger partial charge >= 0.3 is 0 Å². The minimum absolute atomic E-state index is 0.175. The first-order valence-electron chi connectivity index (χ1n) is 21.0. The summed E-state index contributed by atoms with van der Waals surface area (Å²) in [6.45, 7) is 0. The molecule has 0 aromatic heterocycles. The molecule has 10 aromatic rings. The van der Waals surface area contributed by atoms with Gasteiger partial charge in [-0.2, -0.15) is 0 Å². The van der Waals surface area contributed by atoms with Crippen molar-refractivity contribution in [3.8, 4) is 66.8 Å². The van der Waals surface area contributed by atoms with Crippen molar-refractivity contribution >= 4 is 21.5 Å². The Labute approximate surface area is 344 Å². The van der Waals surface area contributed by atoms with E-state index in [1.54, 1.807) is 0 Å². The number of rotatable bonds is 4. The van der Waals surface area contributed by atoms with Gasteiger partial charge in [0, 0.05) is 5.92 Å². The molecular weight excluding hydrogens is 709 g/mol. The first-order chi connectivity index (χ1) is 29.2. The molecule has 0 aliphatic heterocycles. The predicted octanol–water partition coefficient (Wildman–Crippen LogP) is 15.3. The molecule has 3 aliphatic rings. The van der Waals surface area contributed by atoms with E-state index < -0.39 is 0 Å². The second kappa shape index (κ2) is 12.6. The molecule has 1 unspecified atom stereocenters. The van der Waals surface area contributed by atoms with Gasteiger partial charge in [0.2, 0.25) is 0 Å². The minimum atomic E-state index is 0.175. The third-order valence-corrected chi connectivity index (χ3v) is 13.7. The van der Waals surface area contributed by atoms with E-state index in [4.69, 9.17) is 0 Å². The zero-order chi connectivity index (χ0) is 38.6. The quantitative estimate of drug-likeness (QED) is 0.168. The van der Waals surface area contributed by atoms with Gasteiger partial charge in [-0.1, -0.05) is 182 Å². The molecule has 0 fully saturated rings. The lowest BCUT2D eigenvalue weighted by Gasteiger charge is -2.17. The lowest BCUT2D eigenvalue weighted by Crippen LogP contribution is -2.00. The van der Waals surface area contributed by atoms with Gasteiger partial charge in [0.1, 0.15) is 0 Å². The summed E-state index contributed by atoms with van der Waals surface area (Å²) < 4.78 is 0. The molecule has 10 aromatic carbocycles. The molecule has 0 bridgehead atoms. The van der Waals surface area contributed by atoms with Crippen LogP contribution in [0.1, 0.15) is 44.9 Å². The van der Waals surface area contributed by atoms with Crippen LogP contribution in [0.4, 0.5) is 0 Å². The fourth-order valence-corrected chi connectivity index (χ4v) is 11.0. The van der Waals surface area contributed by atoms with Gasteiger partial charge in [-0.25, -0.2) is 0 Å². The van der Waals surface area contributed by atoms with Crippen LogP contribution in [0, 0.1) is 0 Å². The maximum Gasteiger partial charge on any atom is 0.0352 e. The van der Waals surface area contributed by atoms with E-state index in [2.05, 4.69) is 200 Å². The van der Waals surface area contributed by atoms with Crippen LogP contribution in [0.2, 0.25) is 0 Å². The maximum absolute atomic E-state index is 2.52. The van der Waals surface area contributed by atoms with Gasteiger partial charge in [-0.15, -0.1) is 0 Å². The van der Waals surface area contributed by atoms with Crippen LogP contribution in [-0.2, 0) is 12.8 Å². The second-order valence-electron chi connectivity index (χ2n) is 16.7. The highest BCUT2D eigenvalue weighted by Gasteiger charge is 2.32. The Morgan fingerprint density at radius 1 is 0.288 bits per heavy atom. The predicted molar refractivity (Wildman–Crippen MR) is 247 cm³/mol. The van der Waals surface area contributed by atoms with Gasteiger partial charge in [-0.05, 0) is 158 Å². The molecule has 0 saturated heterocycles. The summed E-state index contributed by atoms with van der Waals surface area (Å²) in [4.78, 5) is 0. The Morgan fingerprint density at radius 3 is 1.78 bits per heavy atom. The van der Waals surface area contributed by atoms with Crippen molar-refractivity contribution in [3.63, 3.8) is 0 Å². The monoisotopic (exact) mass is 746 g/mol. The third-order valence-electron chi connectivity index (χ3n) is 13.7. The molecule has 0 amide bonds. The van der Waals surface area contributed by atoms with Crippen molar-refractivity contribution < 1.29 is 0 Å². The molecule has 0 heterocycles. The summed E-state index contributed by atoms with van der Waals surface area (Å²) in [5.74, 6) is 0.175. The van der Waals surface area contributed by atoms with E-state index in [0.29, 0.717) is 0 Å². The summed E-state index contributed by atoms with van der Waals surface area (Å²) in [6.07, 6.45) is 1.91. The number of fused-ring (bicyclic) bond motifs is 12. The van der Waals surface area contributed by atoms with Gasteiger partial charge < -0.3 is 0 Å². The van der Waals surface area contributed by atoms with E-state index in [1.165, 1.54) is 127 Å². The molecule has 1 atom stereocenters. The fraction of sp³-hybridized carbons (Fsp3) is 0.0508. The van der Waals surface area contributed by atoms with Crippen LogP contribution >= 0.6 is 0 Å². The summed E-state index contributed by atoms with van der Waals surface area (Å²) in [5, 5.41) is 5.28. The van der Waals surface area contributed by atoms with E-state index in [0.717, 1.165) is 12.8 Å². The summed E-state index contributed by atoms with van der Waals surface area (Å²) in [5.41, 5.74) is 25.9. The molecule has 0 heteroatoms. The largest absolute Gasteiger partial charge is 0.0622 e. The smallest absolute Gasteiger partial charge is 0.0352 e. The third kappa shape index (κ3) is 4.90. The normalized spacial score (nSPS) is 14.1. The SMILES string of the molecule is c1ccc(-c2cccc3c2Cc2ccc(-c4ccc5c(c4)-c4ccccc4C5c4ccc5ccc6c(c5c4)Cc4c-6cccc4-c4cccc5ccccc45)cc2-3)cc1. The van der Waals surface area contributed by atoms with Gasteiger partial charge in [-0.3, -0.25) is 0 Å². The zero-order valence-corrected chi connectivity index (χ0v) is 32.5. The molecule has 13 rings (SSSR count). The molecule has 59 heavy (non-hydrogen) atoms. The van der Waals surface area contributed by atoms with Gasteiger partial charge in [0.05, 0.1) is 0 Å². The molecular formula is C59H38. The first-order valence-corrected chi connectivity index (χ1v) is 21.0. The summed E-state index contributed by atoms with van der Waals surface area (Å²) in [6, 6.07) is 75.4. The van der Waals surface area contributed by atoms with E-state index in [1.807, 2.05) is 0 Å². The van der Waals surface area contributed by atoms with Crippen molar-refractivity contribution in [1.29, 1.82) is 0 Å². The van der Waals surface area contributed by atoms with Crippen LogP contribution in [-0.4, -0.2) is 0 Å². The first kappa shape index (κ1) is 32.8. The Balaban J connectivity index is 0.891. The Morgan fingerprint density at radius 2 is 0.881 bits per heavy atom. The van der Waals surface area contributed by atoms with Crippen molar-refractivity contribution in [2.75, 3.05) is 0 Å². The van der Waals surface area contributed by atoms with Crippen molar-refractivity contribution in [1.82, 2.24) is 0 Å². The number of benzene rings is 10. The molecule has 0 nitrogen and oxygen atoms in total. The van der Waals surface area contributed by atoms with Crippen molar-refractivity contribution in [2.24, 2.45) is 0 Å². The second-order valence-corrected chi connectivity index (χ2v) is 16.7. The molecule has 0 spiro atoms. The van der Waals surface area contributed by atoms with Crippen LogP contribution in [0.3, 0.4) is 0 Å². The Hall–Kier alpha value is -7.28. The molecule has 0 N–H and O–H groups in total. The summed E-state index contributed by atoms with van der Waals surface area (Å²) in [7, 11) is 0. The van der Waals surface area contributed by atoms with Crippen LogP contribution in [0.15, 0.2) is 200 Å². The van der Waals surface area contributed by atoms with Crippen LogP contribution < -0.4 is 0 Å². The van der Waals surface area contributed by atoms with Crippen molar-refractivity contribution in [3.05, 3.63) is 239 Å². The lowest BCUT2D eigenvalue weighted by molar-refractivity contribution is 1.02. The van der Waals surface area contributed by atoms with Crippen LogP contribution in [0.25, 0.3) is 88.3 Å². The van der Waals surface area contributed by atoms with Gasteiger partial charge in [0.15, 0.2) is 0 Å². The number of hydrogen-bond acceptors (Lipinski definition) is 0. The van der Waals surface area contributed by atoms with Crippen molar-refractivity contribution in [2.45, 2.75) is 18.8 Å². The molecule has 0 radical (unpaired) electrons.